The summed E-state index contributed by atoms with van der Waals surface area (Å²) < 4.78 is 2.42. The van der Waals surface area contributed by atoms with Crippen LogP contribution in [0, 0.1) is 0 Å². The molecule has 0 saturated carbocycles. The van der Waals surface area contributed by atoms with E-state index in [0.29, 0.717) is 5.92 Å². The van der Waals surface area contributed by atoms with Crippen molar-refractivity contribution in [1.29, 1.82) is 0 Å². The van der Waals surface area contributed by atoms with Crippen LogP contribution < -0.4 is 4.90 Å². The number of hydrogen-bond donors (Lipinski definition) is 0. The Bertz CT molecular complexity index is 2870. The van der Waals surface area contributed by atoms with Crippen LogP contribution in [0.15, 0.2) is 188 Å². The second-order valence-corrected chi connectivity index (χ2v) is 15.2. The highest BCUT2D eigenvalue weighted by Gasteiger charge is 2.51. The van der Waals surface area contributed by atoms with Crippen LogP contribution in [-0.2, 0) is 5.41 Å². The molecule has 2 aliphatic carbocycles. The summed E-state index contributed by atoms with van der Waals surface area (Å²) in [6.45, 7) is 4.61. The first-order valence-electron chi connectivity index (χ1n) is 19.6. The normalized spacial score (nSPS) is 13.8. The van der Waals surface area contributed by atoms with E-state index in [-0.39, 0.29) is 0 Å². The molecule has 8 aromatic carbocycles. The fraction of sp³-hybridized carbons (Fsp3) is 0.0943. The van der Waals surface area contributed by atoms with Crippen molar-refractivity contribution in [2.45, 2.75) is 31.6 Å². The number of hydrogen-bond acceptors (Lipinski definition) is 1. The van der Waals surface area contributed by atoms with Gasteiger partial charge in [0.1, 0.15) is 0 Å². The van der Waals surface area contributed by atoms with Crippen molar-refractivity contribution in [3.8, 4) is 27.9 Å². The molecule has 1 unspecified atom stereocenters. The molecule has 1 heterocycles. The predicted molar refractivity (Wildman–Crippen MR) is 230 cm³/mol. The molecule has 0 radical (unpaired) electrons. The van der Waals surface area contributed by atoms with Crippen LogP contribution >= 0.6 is 0 Å². The van der Waals surface area contributed by atoms with Crippen molar-refractivity contribution in [1.82, 2.24) is 4.57 Å². The Morgan fingerprint density at radius 3 is 1.56 bits per heavy atom. The molecule has 2 nitrogen and oxygen atoms in total. The van der Waals surface area contributed by atoms with Crippen LogP contribution in [0.1, 0.15) is 54.0 Å². The molecule has 0 amide bonds. The van der Waals surface area contributed by atoms with Crippen LogP contribution in [0.25, 0.3) is 49.7 Å². The summed E-state index contributed by atoms with van der Waals surface area (Å²) in [5, 5.41) is 2.54. The van der Waals surface area contributed by atoms with Gasteiger partial charge in [0, 0.05) is 33.5 Å². The number of benzene rings is 8. The number of aromatic nitrogens is 1. The molecule has 0 aliphatic heterocycles. The Hall–Kier alpha value is -6.64. The molecule has 1 spiro atoms. The van der Waals surface area contributed by atoms with Crippen LogP contribution in [0.2, 0.25) is 0 Å². The SMILES string of the molecule is CCC(C)c1ccc2c(c1)c1cc(N(c3ccccc3)c3ccc4c(c3)C3(c5ccccc5-c5ccccc53)c3ccccc3-4)ccc1n2-c1ccccc1. The van der Waals surface area contributed by atoms with Gasteiger partial charge >= 0.3 is 0 Å². The largest absolute Gasteiger partial charge is 0.310 e. The summed E-state index contributed by atoms with van der Waals surface area (Å²) in [6, 6.07) is 70.1. The topological polar surface area (TPSA) is 8.17 Å². The maximum Gasteiger partial charge on any atom is 0.0726 e. The summed E-state index contributed by atoms with van der Waals surface area (Å²) in [7, 11) is 0. The Morgan fingerprint density at radius 1 is 0.455 bits per heavy atom. The molecule has 1 atom stereocenters. The van der Waals surface area contributed by atoms with Crippen molar-refractivity contribution in [2.24, 2.45) is 0 Å². The Balaban J connectivity index is 1.17. The minimum absolute atomic E-state index is 0.406. The van der Waals surface area contributed by atoms with E-state index >= 15 is 0 Å². The summed E-state index contributed by atoms with van der Waals surface area (Å²) >= 11 is 0. The average Bonchev–Trinajstić information content (AvgIpc) is 3.85. The number of anilines is 3. The van der Waals surface area contributed by atoms with Crippen molar-refractivity contribution in [3.05, 3.63) is 216 Å². The Labute approximate surface area is 322 Å². The number of rotatable bonds is 6. The van der Waals surface area contributed by atoms with Crippen molar-refractivity contribution in [3.63, 3.8) is 0 Å². The van der Waals surface area contributed by atoms with Gasteiger partial charge in [-0.2, -0.15) is 0 Å². The van der Waals surface area contributed by atoms with E-state index in [2.05, 4.69) is 211 Å². The molecular weight excluding hydrogens is 665 g/mol. The Kier molecular flexibility index (Phi) is 7.06. The smallest absolute Gasteiger partial charge is 0.0726 e. The molecule has 0 fully saturated rings. The lowest BCUT2D eigenvalue weighted by atomic mass is 9.70. The third kappa shape index (κ3) is 4.49. The van der Waals surface area contributed by atoms with Crippen molar-refractivity contribution >= 4 is 38.9 Å². The fourth-order valence-electron chi connectivity index (χ4n) is 9.81. The minimum atomic E-state index is -0.406. The molecule has 11 rings (SSSR count). The third-order valence-electron chi connectivity index (χ3n) is 12.5. The van der Waals surface area contributed by atoms with E-state index in [1.807, 2.05) is 0 Å². The first kappa shape index (κ1) is 31.8. The number of fused-ring (bicyclic) bond motifs is 13. The monoisotopic (exact) mass is 704 g/mol. The lowest BCUT2D eigenvalue weighted by Gasteiger charge is -2.32. The number of nitrogens with zero attached hydrogens (tertiary/aromatic N) is 2. The predicted octanol–water partition coefficient (Wildman–Crippen LogP) is 14.1. The molecule has 262 valence electrons. The van der Waals surface area contributed by atoms with Crippen molar-refractivity contribution in [2.75, 3.05) is 4.90 Å². The van der Waals surface area contributed by atoms with Gasteiger partial charge in [0.25, 0.3) is 0 Å². The maximum atomic E-state index is 2.49. The standard InChI is InChI=1S/C53H40N2/c1-3-35(2)36-26-30-51-45(32-36)46-33-39(28-31-52(46)55(51)38-18-8-5-9-19-38)54(37-16-6-4-7-17-37)40-27-29-44-43-22-12-15-25-49(43)53(50(44)34-40)47-23-13-10-20-41(47)42-21-11-14-24-48(42)53/h4-35H,3H2,1-2H3. The van der Waals surface area contributed by atoms with E-state index in [4.69, 9.17) is 0 Å². The van der Waals surface area contributed by atoms with Gasteiger partial charge in [-0.25, -0.2) is 0 Å². The first-order valence-corrected chi connectivity index (χ1v) is 19.6. The summed E-state index contributed by atoms with van der Waals surface area (Å²) in [5.41, 5.74) is 18.7. The van der Waals surface area contributed by atoms with Crippen LogP contribution in [-0.4, -0.2) is 4.57 Å². The van der Waals surface area contributed by atoms with E-state index in [9.17, 15) is 0 Å². The highest BCUT2D eigenvalue weighted by atomic mass is 15.1. The summed E-state index contributed by atoms with van der Waals surface area (Å²) in [6.07, 6.45) is 1.11. The zero-order valence-electron chi connectivity index (χ0n) is 31.1. The second-order valence-electron chi connectivity index (χ2n) is 15.2. The molecule has 9 aromatic rings. The van der Waals surface area contributed by atoms with Gasteiger partial charge < -0.3 is 9.47 Å². The molecular formula is C53H40N2. The summed E-state index contributed by atoms with van der Waals surface area (Å²) in [4.78, 5) is 2.45. The Morgan fingerprint density at radius 2 is 0.945 bits per heavy atom. The third-order valence-corrected chi connectivity index (χ3v) is 12.5. The van der Waals surface area contributed by atoms with Crippen LogP contribution in [0.3, 0.4) is 0 Å². The lowest BCUT2D eigenvalue weighted by molar-refractivity contribution is 0.735. The highest BCUT2D eigenvalue weighted by Crippen LogP contribution is 2.63. The second kappa shape index (κ2) is 12.2. The van der Waals surface area contributed by atoms with E-state index in [0.717, 1.165) is 23.5 Å². The van der Waals surface area contributed by atoms with Gasteiger partial charge in [-0.05, 0) is 129 Å². The molecule has 55 heavy (non-hydrogen) atoms. The molecule has 0 N–H and O–H groups in total. The van der Waals surface area contributed by atoms with Crippen LogP contribution in [0.4, 0.5) is 17.1 Å². The molecule has 2 aliphatic rings. The summed E-state index contributed by atoms with van der Waals surface area (Å²) in [5.74, 6) is 0.484. The first-order chi connectivity index (χ1) is 27.2. The van der Waals surface area contributed by atoms with Crippen molar-refractivity contribution < 1.29 is 0 Å². The molecule has 0 saturated heterocycles. The van der Waals surface area contributed by atoms with Gasteiger partial charge in [-0.3, -0.25) is 0 Å². The van der Waals surface area contributed by atoms with Gasteiger partial charge in [0.2, 0.25) is 0 Å². The van der Waals surface area contributed by atoms with Gasteiger partial charge in [0.05, 0.1) is 16.4 Å². The molecule has 0 bridgehead atoms. The average molecular weight is 705 g/mol. The molecule has 1 aromatic heterocycles. The van der Waals surface area contributed by atoms with Gasteiger partial charge in [0.15, 0.2) is 0 Å². The fourth-order valence-corrected chi connectivity index (χ4v) is 9.81. The van der Waals surface area contributed by atoms with Gasteiger partial charge in [-0.15, -0.1) is 0 Å². The minimum Gasteiger partial charge on any atom is -0.310 e. The maximum absolute atomic E-state index is 2.49. The zero-order valence-corrected chi connectivity index (χ0v) is 31.1. The van der Waals surface area contributed by atoms with E-state index in [1.165, 1.54) is 77.6 Å². The highest BCUT2D eigenvalue weighted by molar-refractivity contribution is 6.11. The zero-order chi connectivity index (χ0) is 36.7. The van der Waals surface area contributed by atoms with Crippen LogP contribution in [0.5, 0.6) is 0 Å². The van der Waals surface area contributed by atoms with E-state index < -0.39 is 5.41 Å². The lowest BCUT2D eigenvalue weighted by Crippen LogP contribution is -2.26. The quantitative estimate of drug-likeness (QED) is 0.167. The number of para-hydroxylation sites is 2. The van der Waals surface area contributed by atoms with E-state index in [1.54, 1.807) is 0 Å². The van der Waals surface area contributed by atoms with Gasteiger partial charge in [-0.1, -0.05) is 135 Å². The molecule has 2 heteroatoms.